The van der Waals surface area contributed by atoms with E-state index in [0.717, 1.165) is 11.1 Å². The van der Waals surface area contributed by atoms with E-state index in [0.29, 0.717) is 47.2 Å². The van der Waals surface area contributed by atoms with Crippen molar-refractivity contribution in [3.63, 3.8) is 0 Å². The number of benzene rings is 3. The topological polar surface area (TPSA) is 95.1 Å². The van der Waals surface area contributed by atoms with E-state index in [4.69, 9.17) is 18.9 Å². The molecule has 2 aliphatic rings. The first kappa shape index (κ1) is 19.7. The summed E-state index contributed by atoms with van der Waals surface area (Å²) in [6.07, 6.45) is 0. The highest BCUT2D eigenvalue weighted by Gasteiger charge is 2.17. The molecule has 5 rings (SSSR count). The van der Waals surface area contributed by atoms with Gasteiger partial charge in [-0.3, -0.25) is 9.59 Å². The molecule has 0 aliphatic carbocycles. The fourth-order valence-corrected chi connectivity index (χ4v) is 3.49. The number of ether oxygens (including phenoxy) is 4. The molecule has 0 bridgehead atoms. The minimum atomic E-state index is -0.204. The van der Waals surface area contributed by atoms with E-state index < -0.39 is 0 Å². The smallest absolute Gasteiger partial charge is 0.251 e. The largest absolute Gasteiger partial charge is 0.454 e. The fraction of sp³-hybridized carbons (Fsp3) is 0.167. The van der Waals surface area contributed by atoms with Crippen LogP contribution in [0.4, 0.5) is 0 Å². The van der Waals surface area contributed by atoms with Gasteiger partial charge >= 0.3 is 0 Å². The van der Waals surface area contributed by atoms with Gasteiger partial charge in [0, 0.05) is 24.2 Å². The van der Waals surface area contributed by atoms with Crippen molar-refractivity contribution in [1.82, 2.24) is 10.6 Å². The quantitative estimate of drug-likeness (QED) is 0.622. The number of fused-ring (bicyclic) bond motifs is 2. The monoisotopic (exact) mass is 432 g/mol. The van der Waals surface area contributed by atoms with Crippen LogP contribution in [0, 0.1) is 0 Å². The maximum Gasteiger partial charge on any atom is 0.251 e. The van der Waals surface area contributed by atoms with Crippen molar-refractivity contribution >= 4 is 11.8 Å². The van der Waals surface area contributed by atoms with Gasteiger partial charge in [0.15, 0.2) is 23.0 Å². The lowest BCUT2D eigenvalue weighted by molar-refractivity contribution is 0.0943. The maximum absolute atomic E-state index is 12.5. The Bertz CT molecular complexity index is 1100. The highest BCUT2D eigenvalue weighted by Crippen LogP contribution is 2.33. The van der Waals surface area contributed by atoms with Crippen molar-refractivity contribution in [2.75, 3.05) is 13.6 Å². The predicted octanol–water partition coefficient (Wildman–Crippen LogP) is 3.00. The van der Waals surface area contributed by atoms with E-state index in [1.165, 1.54) is 0 Å². The Labute approximate surface area is 184 Å². The van der Waals surface area contributed by atoms with Gasteiger partial charge in [-0.25, -0.2) is 0 Å². The summed E-state index contributed by atoms with van der Waals surface area (Å²) >= 11 is 0. The van der Waals surface area contributed by atoms with Crippen LogP contribution in [0.2, 0.25) is 0 Å². The number of rotatable bonds is 6. The third-order valence-electron chi connectivity index (χ3n) is 5.17. The van der Waals surface area contributed by atoms with Crippen molar-refractivity contribution in [2.24, 2.45) is 0 Å². The van der Waals surface area contributed by atoms with Gasteiger partial charge in [-0.1, -0.05) is 24.3 Å². The summed E-state index contributed by atoms with van der Waals surface area (Å²) in [6, 6.07) is 17.9. The molecule has 2 N–H and O–H groups in total. The van der Waals surface area contributed by atoms with Crippen LogP contribution in [0.3, 0.4) is 0 Å². The summed E-state index contributed by atoms with van der Waals surface area (Å²) in [5.41, 5.74) is 2.85. The molecule has 3 aromatic rings. The zero-order chi connectivity index (χ0) is 21.9. The first-order valence-electron chi connectivity index (χ1n) is 10.1. The van der Waals surface area contributed by atoms with Gasteiger partial charge in [0.2, 0.25) is 13.6 Å². The van der Waals surface area contributed by atoms with Crippen LogP contribution >= 0.6 is 0 Å². The molecule has 162 valence electrons. The first-order valence-corrected chi connectivity index (χ1v) is 10.1. The van der Waals surface area contributed by atoms with Crippen LogP contribution in [-0.4, -0.2) is 25.4 Å². The van der Waals surface area contributed by atoms with Crippen molar-refractivity contribution in [3.05, 3.63) is 82.9 Å². The highest BCUT2D eigenvalue weighted by molar-refractivity contribution is 5.95. The fourth-order valence-electron chi connectivity index (χ4n) is 3.49. The van der Waals surface area contributed by atoms with Crippen LogP contribution in [0.1, 0.15) is 31.8 Å². The van der Waals surface area contributed by atoms with Crippen molar-refractivity contribution < 1.29 is 28.5 Å². The SMILES string of the molecule is O=C(NCc1cccc(CNC(=O)c2ccc3c(c2)OCO3)c1)c1ccc2c(c1)OCO2. The molecule has 8 heteroatoms. The lowest BCUT2D eigenvalue weighted by Crippen LogP contribution is -2.24. The first-order chi connectivity index (χ1) is 15.7. The van der Waals surface area contributed by atoms with Gasteiger partial charge in [0.25, 0.3) is 11.8 Å². The second-order valence-corrected chi connectivity index (χ2v) is 7.32. The molecule has 0 aromatic heterocycles. The number of amides is 2. The van der Waals surface area contributed by atoms with E-state index in [1.807, 2.05) is 24.3 Å². The number of carbonyl (C=O) groups excluding carboxylic acids is 2. The van der Waals surface area contributed by atoms with Crippen molar-refractivity contribution in [1.29, 1.82) is 0 Å². The molecule has 0 unspecified atom stereocenters. The Kier molecular flexibility index (Phi) is 5.25. The molecule has 2 aliphatic heterocycles. The molecule has 0 atom stereocenters. The average molecular weight is 432 g/mol. The van der Waals surface area contributed by atoms with Gasteiger partial charge < -0.3 is 29.6 Å². The van der Waals surface area contributed by atoms with Gasteiger partial charge in [0.05, 0.1) is 0 Å². The highest BCUT2D eigenvalue weighted by atomic mass is 16.7. The molecule has 2 amide bonds. The standard InChI is InChI=1S/C24H20N2O6/c27-23(17-4-6-19-21(9-17)31-13-29-19)25-11-15-2-1-3-16(8-15)12-26-24(28)18-5-7-20-22(10-18)32-14-30-20/h1-10H,11-14H2,(H,25,27)(H,26,28). The molecule has 0 radical (unpaired) electrons. The van der Waals surface area contributed by atoms with Crippen molar-refractivity contribution in [3.8, 4) is 23.0 Å². The number of carbonyl (C=O) groups is 2. The zero-order valence-electron chi connectivity index (χ0n) is 17.1. The summed E-state index contributed by atoms with van der Waals surface area (Å²) < 4.78 is 21.2. The molecule has 3 aromatic carbocycles. The second-order valence-electron chi connectivity index (χ2n) is 7.32. The van der Waals surface area contributed by atoms with E-state index >= 15 is 0 Å². The number of hydrogen-bond donors (Lipinski definition) is 2. The summed E-state index contributed by atoms with van der Waals surface area (Å²) in [5, 5.41) is 5.80. The zero-order valence-corrected chi connectivity index (χ0v) is 17.1. The normalized spacial score (nSPS) is 13.0. The van der Waals surface area contributed by atoms with Gasteiger partial charge in [-0.2, -0.15) is 0 Å². The van der Waals surface area contributed by atoms with Crippen LogP contribution < -0.4 is 29.6 Å². The third-order valence-corrected chi connectivity index (χ3v) is 5.17. The summed E-state index contributed by atoms with van der Waals surface area (Å²) in [4.78, 5) is 24.9. The van der Waals surface area contributed by atoms with Gasteiger partial charge in [-0.15, -0.1) is 0 Å². The second kappa shape index (κ2) is 8.50. The molecule has 8 nitrogen and oxygen atoms in total. The Hall–Kier alpha value is -4.20. The average Bonchev–Trinajstić information content (AvgIpc) is 3.49. The van der Waals surface area contributed by atoms with Crippen LogP contribution in [-0.2, 0) is 13.1 Å². The molecule has 2 heterocycles. The Balaban J connectivity index is 1.16. The molecular formula is C24H20N2O6. The minimum Gasteiger partial charge on any atom is -0.454 e. The number of hydrogen-bond acceptors (Lipinski definition) is 6. The third kappa shape index (κ3) is 4.15. The Morgan fingerprint density at radius 3 is 1.59 bits per heavy atom. The molecule has 0 saturated heterocycles. The Morgan fingerprint density at radius 2 is 1.09 bits per heavy atom. The van der Waals surface area contributed by atoms with E-state index in [1.54, 1.807) is 36.4 Å². The van der Waals surface area contributed by atoms with E-state index in [2.05, 4.69) is 10.6 Å². The summed E-state index contributed by atoms with van der Waals surface area (Å²) in [6.45, 7) is 1.05. The molecular weight excluding hydrogens is 412 g/mol. The van der Waals surface area contributed by atoms with E-state index in [9.17, 15) is 9.59 Å². The van der Waals surface area contributed by atoms with Gasteiger partial charge in [-0.05, 0) is 47.5 Å². The summed E-state index contributed by atoms with van der Waals surface area (Å²) in [7, 11) is 0. The van der Waals surface area contributed by atoms with Crippen LogP contribution in [0.5, 0.6) is 23.0 Å². The molecule has 32 heavy (non-hydrogen) atoms. The maximum atomic E-state index is 12.5. The number of nitrogens with one attached hydrogen (secondary N) is 2. The lowest BCUT2D eigenvalue weighted by atomic mass is 10.1. The minimum absolute atomic E-state index is 0.165. The Morgan fingerprint density at radius 1 is 0.625 bits per heavy atom. The molecule has 0 saturated carbocycles. The van der Waals surface area contributed by atoms with E-state index in [-0.39, 0.29) is 25.4 Å². The predicted molar refractivity (Wildman–Crippen MR) is 114 cm³/mol. The lowest BCUT2D eigenvalue weighted by Gasteiger charge is -2.09. The van der Waals surface area contributed by atoms with Crippen LogP contribution in [0.15, 0.2) is 60.7 Å². The van der Waals surface area contributed by atoms with Gasteiger partial charge in [0.1, 0.15) is 0 Å². The molecule has 0 spiro atoms. The van der Waals surface area contributed by atoms with Crippen molar-refractivity contribution in [2.45, 2.75) is 13.1 Å². The van der Waals surface area contributed by atoms with Crippen LogP contribution in [0.25, 0.3) is 0 Å². The molecule has 0 fully saturated rings. The summed E-state index contributed by atoms with van der Waals surface area (Å²) in [5.74, 6) is 2.00.